The predicted octanol–water partition coefficient (Wildman–Crippen LogP) is 0.649. The zero-order valence-corrected chi connectivity index (χ0v) is 7.45. The normalized spacial score (nSPS) is 31.4. The van der Waals surface area contributed by atoms with E-state index in [0.717, 1.165) is 19.3 Å². The molecule has 2 N–H and O–H groups in total. The smallest absolute Gasteiger partial charge is 0.0656 e. The number of aliphatic hydroxyl groups is 1. The Balaban J connectivity index is 2.24. The molecule has 2 unspecified atom stereocenters. The molecule has 0 aliphatic heterocycles. The van der Waals surface area contributed by atoms with Crippen molar-refractivity contribution in [3.05, 3.63) is 0 Å². The minimum atomic E-state index is 0.160. The molecule has 0 bridgehead atoms. The van der Waals surface area contributed by atoms with E-state index in [4.69, 9.17) is 10.4 Å². The van der Waals surface area contributed by atoms with Crippen LogP contribution in [0.15, 0.2) is 0 Å². The van der Waals surface area contributed by atoms with Gasteiger partial charge in [0.2, 0.25) is 0 Å². The van der Waals surface area contributed by atoms with Crippen LogP contribution in [-0.2, 0) is 0 Å². The Bertz CT molecular complexity index is 176. The van der Waals surface area contributed by atoms with E-state index >= 15 is 0 Å². The van der Waals surface area contributed by atoms with Gasteiger partial charge in [0.05, 0.1) is 12.7 Å². The number of nitrogens with one attached hydrogen (secondary N) is 1. The highest BCUT2D eigenvalue weighted by Crippen LogP contribution is 2.24. The zero-order valence-electron chi connectivity index (χ0n) is 7.45. The Kier molecular flexibility index (Phi) is 3.51. The fraction of sp³-hybridized carbons (Fsp3) is 0.889. The topological polar surface area (TPSA) is 56.0 Å². The van der Waals surface area contributed by atoms with Gasteiger partial charge in [0.15, 0.2) is 0 Å². The summed E-state index contributed by atoms with van der Waals surface area (Å²) in [5.41, 5.74) is 0. The van der Waals surface area contributed by atoms with Crippen molar-refractivity contribution in [3.8, 4) is 6.07 Å². The minimum absolute atomic E-state index is 0.160. The molecule has 1 aliphatic rings. The number of nitriles is 1. The molecule has 3 atom stereocenters. The zero-order chi connectivity index (χ0) is 8.97. The largest absolute Gasteiger partial charge is 0.395 e. The van der Waals surface area contributed by atoms with Crippen molar-refractivity contribution < 1.29 is 5.11 Å². The molecule has 1 rings (SSSR count). The minimum Gasteiger partial charge on any atom is -0.395 e. The number of rotatable bonds is 3. The maximum atomic E-state index is 8.79. The van der Waals surface area contributed by atoms with Gasteiger partial charge in [-0.15, -0.1) is 0 Å². The molecule has 68 valence electrons. The van der Waals surface area contributed by atoms with Gasteiger partial charge in [-0.25, -0.2) is 0 Å². The van der Waals surface area contributed by atoms with Crippen LogP contribution in [0.1, 0.15) is 26.2 Å². The number of hydrogen-bond acceptors (Lipinski definition) is 3. The lowest BCUT2D eigenvalue weighted by Crippen LogP contribution is -2.37. The maximum Gasteiger partial charge on any atom is 0.0656 e. The second-order valence-corrected chi connectivity index (χ2v) is 3.59. The van der Waals surface area contributed by atoms with E-state index in [2.05, 4.69) is 11.4 Å². The Morgan fingerprint density at radius 1 is 1.67 bits per heavy atom. The Morgan fingerprint density at radius 2 is 2.42 bits per heavy atom. The van der Waals surface area contributed by atoms with E-state index in [1.165, 1.54) is 0 Å². The van der Waals surface area contributed by atoms with Gasteiger partial charge in [0, 0.05) is 18.0 Å². The molecule has 0 aromatic heterocycles. The van der Waals surface area contributed by atoms with Crippen LogP contribution in [0.25, 0.3) is 0 Å². The lowest BCUT2D eigenvalue weighted by Gasteiger charge is -2.16. The molecule has 0 radical (unpaired) electrons. The number of nitrogens with zero attached hydrogens (tertiary/aromatic N) is 1. The summed E-state index contributed by atoms with van der Waals surface area (Å²) in [4.78, 5) is 0. The fourth-order valence-electron chi connectivity index (χ4n) is 1.71. The van der Waals surface area contributed by atoms with Crippen molar-refractivity contribution in [1.82, 2.24) is 5.32 Å². The van der Waals surface area contributed by atoms with Crippen molar-refractivity contribution in [1.29, 1.82) is 5.26 Å². The molecule has 1 fully saturated rings. The average Bonchev–Trinajstić information content (AvgIpc) is 2.52. The SMILES string of the molecule is C[C@H](CO)NC1CCC(C#N)C1. The Hall–Kier alpha value is -0.590. The number of hydrogen-bond donors (Lipinski definition) is 2. The van der Waals surface area contributed by atoms with Crippen LogP contribution >= 0.6 is 0 Å². The third-order valence-corrected chi connectivity index (χ3v) is 2.41. The summed E-state index contributed by atoms with van der Waals surface area (Å²) in [7, 11) is 0. The molecule has 0 aromatic carbocycles. The molecule has 12 heavy (non-hydrogen) atoms. The quantitative estimate of drug-likeness (QED) is 0.650. The van der Waals surface area contributed by atoms with E-state index in [1.54, 1.807) is 0 Å². The highest BCUT2D eigenvalue weighted by Gasteiger charge is 2.24. The van der Waals surface area contributed by atoms with Gasteiger partial charge in [-0.1, -0.05) is 0 Å². The van der Waals surface area contributed by atoms with Crippen LogP contribution in [0.4, 0.5) is 0 Å². The molecule has 1 aliphatic carbocycles. The molecule has 0 saturated heterocycles. The van der Waals surface area contributed by atoms with Gasteiger partial charge in [-0.3, -0.25) is 0 Å². The van der Waals surface area contributed by atoms with Gasteiger partial charge in [-0.2, -0.15) is 5.26 Å². The lowest BCUT2D eigenvalue weighted by molar-refractivity contribution is 0.240. The van der Waals surface area contributed by atoms with Crippen molar-refractivity contribution in [3.63, 3.8) is 0 Å². The van der Waals surface area contributed by atoms with Gasteiger partial charge >= 0.3 is 0 Å². The van der Waals surface area contributed by atoms with Gasteiger partial charge < -0.3 is 10.4 Å². The molecule has 0 aromatic rings. The van der Waals surface area contributed by atoms with Gasteiger partial charge in [-0.05, 0) is 26.2 Å². The third-order valence-electron chi connectivity index (χ3n) is 2.41. The predicted molar refractivity (Wildman–Crippen MR) is 46.4 cm³/mol. The van der Waals surface area contributed by atoms with Crippen LogP contribution in [0, 0.1) is 17.2 Å². The molecule has 0 heterocycles. The first-order chi connectivity index (χ1) is 5.76. The number of aliphatic hydroxyl groups excluding tert-OH is 1. The fourth-order valence-corrected chi connectivity index (χ4v) is 1.71. The first-order valence-electron chi connectivity index (χ1n) is 4.52. The standard InChI is InChI=1S/C9H16N2O/c1-7(6-12)11-9-3-2-8(4-9)5-10/h7-9,11-12H,2-4,6H2,1H3/t7-,8?,9?/m1/s1. The molecule has 0 spiro atoms. The molecule has 3 nitrogen and oxygen atoms in total. The molecular weight excluding hydrogens is 152 g/mol. The first kappa shape index (κ1) is 9.50. The Labute approximate surface area is 73.4 Å². The molecular formula is C9H16N2O. The highest BCUT2D eigenvalue weighted by atomic mass is 16.3. The summed E-state index contributed by atoms with van der Waals surface area (Å²) < 4.78 is 0. The van der Waals surface area contributed by atoms with Crippen molar-refractivity contribution >= 4 is 0 Å². The van der Waals surface area contributed by atoms with Gasteiger partial charge in [0.1, 0.15) is 0 Å². The van der Waals surface area contributed by atoms with Crippen LogP contribution in [0.5, 0.6) is 0 Å². The van der Waals surface area contributed by atoms with E-state index in [-0.39, 0.29) is 18.6 Å². The maximum absolute atomic E-state index is 8.79. The molecule has 3 heteroatoms. The van der Waals surface area contributed by atoms with E-state index in [1.807, 2.05) is 6.92 Å². The van der Waals surface area contributed by atoms with Crippen LogP contribution < -0.4 is 5.32 Å². The summed E-state index contributed by atoms with van der Waals surface area (Å²) >= 11 is 0. The summed E-state index contributed by atoms with van der Waals surface area (Å²) in [6.07, 6.45) is 3.02. The van der Waals surface area contributed by atoms with Crippen molar-refractivity contribution in [2.24, 2.45) is 5.92 Å². The van der Waals surface area contributed by atoms with Crippen molar-refractivity contribution in [2.45, 2.75) is 38.3 Å². The van der Waals surface area contributed by atoms with Crippen LogP contribution in [0.3, 0.4) is 0 Å². The van der Waals surface area contributed by atoms with E-state index < -0.39 is 0 Å². The lowest BCUT2D eigenvalue weighted by atomic mass is 10.1. The highest BCUT2D eigenvalue weighted by molar-refractivity contribution is 4.93. The second kappa shape index (κ2) is 4.44. The second-order valence-electron chi connectivity index (χ2n) is 3.59. The van der Waals surface area contributed by atoms with Crippen LogP contribution in [-0.4, -0.2) is 23.8 Å². The third kappa shape index (κ3) is 2.47. The van der Waals surface area contributed by atoms with E-state index in [9.17, 15) is 0 Å². The van der Waals surface area contributed by atoms with E-state index in [0.29, 0.717) is 6.04 Å². The van der Waals surface area contributed by atoms with Crippen LogP contribution in [0.2, 0.25) is 0 Å². The van der Waals surface area contributed by atoms with Crippen molar-refractivity contribution in [2.75, 3.05) is 6.61 Å². The summed E-state index contributed by atoms with van der Waals surface area (Å²) in [5.74, 6) is 0.230. The summed E-state index contributed by atoms with van der Waals surface area (Å²) in [6, 6.07) is 2.88. The first-order valence-corrected chi connectivity index (χ1v) is 4.52. The summed E-state index contributed by atoms with van der Waals surface area (Å²) in [5, 5.41) is 20.7. The molecule has 0 amide bonds. The summed E-state index contributed by atoms with van der Waals surface area (Å²) in [6.45, 7) is 2.13. The monoisotopic (exact) mass is 168 g/mol. The average molecular weight is 168 g/mol. The molecule has 1 saturated carbocycles. The van der Waals surface area contributed by atoms with Gasteiger partial charge in [0.25, 0.3) is 0 Å². The Morgan fingerprint density at radius 3 is 2.92 bits per heavy atom.